The van der Waals surface area contributed by atoms with Crippen molar-refractivity contribution in [3.05, 3.63) is 0 Å². The second kappa shape index (κ2) is 20.9. The third kappa shape index (κ3) is 26.1. The fourth-order valence-electron chi connectivity index (χ4n) is 2.72. The highest BCUT2D eigenvalue weighted by molar-refractivity contribution is 7.99. The second-order valence-electron chi connectivity index (χ2n) is 11.4. The Morgan fingerprint density at radius 1 is 0.744 bits per heavy atom. The minimum atomic E-state index is -1.01. The van der Waals surface area contributed by atoms with E-state index in [4.69, 9.17) is 24.1 Å². The van der Waals surface area contributed by atoms with Gasteiger partial charge in [-0.2, -0.15) is 11.8 Å². The Kier molecular flexibility index (Phi) is 19.9. The van der Waals surface area contributed by atoms with Gasteiger partial charge >= 0.3 is 5.97 Å². The third-order valence-electron chi connectivity index (χ3n) is 4.75. The zero-order valence-corrected chi connectivity index (χ0v) is 25.2. The Bertz CT molecular complexity index is 724. The summed E-state index contributed by atoms with van der Waals surface area (Å²) in [5, 5.41) is 16.8. The number of carbonyl (C=O) groups is 4. The summed E-state index contributed by atoms with van der Waals surface area (Å²) in [5.41, 5.74) is 0.182. The van der Waals surface area contributed by atoms with E-state index in [1.807, 2.05) is 0 Å². The zero-order valence-electron chi connectivity index (χ0n) is 24.4. The quantitative estimate of drug-likeness (QED) is 0.110. The maximum atomic E-state index is 12.4. The predicted molar refractivity (Wildman–Crippen MR) is 149 cm³/mol. The number of carboxylic acids is 1. The first kappa shape index (κ1) is 37.1. The van der Waals surface area contributed by atoms with Crippen LogP contribution in [0.1, 0.15) is 67.2 Å². The van der Waals surface area contributed by atoms with Crippen LogP contribution in [0.5, 0.6) is 0 Å². The molecule has 0 aromatic heterocycles. The Labute approximate surface area is 237 Å². The molecule has 0 spiro atoms. The van der Waals surface area contributed by atoms with E-state index in [0.29, 0.717) is 25.3 Å². The average molecular weight is 580 g/mol. The lowest BCUT2D eigenvalue weighted by atomic mass is 9.90. The molecule has 12 nitrogen and oxygen atoms in total. The lowest BCUT2D eigenvalue weighted by molar-refractivity contribution is -0.170. The monoisotopic (exact) mass is 579 g/mol. The first-order chi connectivity index (χ1) is 18.2. The van der Waals surface area contributed by atoms with Gasteiger partial charge in [0.05, 0.1) is 26.1 Å². The molecule has 0 rings (SSSR count). The van der Waals surface area contributed by atoms with Crippen molar-refractivity contribution < 1.29 is 43.2 Å². The van der Waals surface area contributed by atoms with Crippen molar-refractivity contribution in [3.8, 4) is 0 Å². The van der Waals surface area contributed by atoms with Crippen LogP contribution in [0.3, 0.4) is 0 Å². The smallest absolute Gasteiger partial charge is 0.305 e. The van der Waals surface area contributed by atoms with Crippen LogP contribution in [0.2, 0.25) is 0 Å². The largest absolute Gasteiger partial charge is 0.481 e. The molecule has 39 heavy (non-hydrogen) atoms. The summed E-state index contributed by atoms with van der Waals surface area (Å²) < 4.78 is 20.8. The summed E-state index contributed by atoms with van der Waals surface area (Å²) >= 11 is 1.54. The molecular formula is C26H49N3O9S. The van der Waals surface area contributed by atoms with Crippen molar-refractivity contribution in [1.29, 1.82) is 0 Å². The molecular weight excluding hydrogens is 530 g/mol. The molecule has 0 aromatic rings. The molecule has 0 aliphatic carbocycles. The predicted octanol–water partition coefficient (Wildman–Crippen LogP) is 2.11. The van der Waals surface area contributed by atoms with Crippen molar-refractivity contribution >= 4 is 35.5 Å². The number of aliphatic carboxylic acids is 1. The molecule has 0 saturated heterocycles. The number of nitrogens with one attached hydrogen (secondary N) is 3. The van der Waals surface area contributed by atoms with Crippen molar-refractivity contribution in [3.63, 3.8) is 0 Å². The lowest BCUT2D eigenvalue weighted by Crippen LogP contribution is -2.49. The van der Waals surface area contributed by atoms with Crippen LogP contribution >= 0.6 is 11.8 Å². The van der Waals surface area contributed by atoms with Gasteiger partial charge in [-0.15, -0.1) is 0 Å². The fraction of sp³-hybridized carbons (Fsp3) is 0.846. The molecule has 0 bridgehead atoms. The maximum Gasteiger partial charge on any atom is 0.305 e. The summed E-state index contributed by atoms with van der Waals surface area (Å²) in [4.78, 5) is 47.1. The summed E-state index contributed by atoms with van der Waals surface area (Å²) in [5.74, 6) is -0.629. The molecule has 228 valence electrons. The number of carboxylic acid groups (broad SMARTS) is 1. The van der Waals surface area contributed by atoms with Crippen LogP contribution in [0.4, 0.5) is 0 Å². The first-order valence-electron chi connectivity index (χ1n) is 13.1. The van der Waals surface area contributed by atoms with Gasteiger partial charge in [0.15, 0.2) is 6.79 Å². The van der Waals surface area contributed by atoms with Crippen molar-refractivity contribution in [2.24, 2.45) is 10.8 Å². The number of ether oxygens (including phenoxy) is 4. The standard InChI is InChI=1S/C26H49N3O9S/c1-25(2,3)10-7-21(30)27-12-14-36-18-38-19-37-17-35-13-9-22(31)29-20(15-39-16-26(4,5)6)24(34)28-11-8-23(32)33/h20H,7-19H2,1-6H3,(H,27,30)(H,28,34)(H,29,31)(H,32,33)/t20-/m0/s1. The van der Waals surface area contributed by atoms with Crippen molar-refractivity contribution in [2.45, 2.75) is 73.3 Å². The molecule has 0 aromatic carbocycles. The Morgan fingerprint density at radius 3 is 1.95 bits per heavy atom. The highest BCUT2D eigenvalue weighted by Gasteiger charge is 2.22. The van der Waals surface area contributed by atoms with E-state index in [1.54, 1.807) is 11.8 Å². The molecule has 0 saturated carbocycles. The molecule has 1 atom stereocenters. The van der Waals surface area contributed by atoms with E-state index in [1.165, 1.54) is 0 Å². The summed E-state index contributed by atoms with van der Waals surface area (Å²) in [7, 11) is 0. The van der Waals surface area contributed by atoms with Crippen molar-refractivity contribution in [1.82, 2.24) is 16.0 Å². The van der Waals surface area contributed by atoms with Crippen LogP contribution in [0.25, 0.3) is 0 Å². The van der Waals surface area contributed by atoms with Gasteiger partial charge in [0.2, 0.25) is 17.7 Å². The number of amides is 3. The van der Waals surface area contributed by atoms with E-state index in [9.17, 15) is 19.2 Å². The van der Waals surface area contributed by atoms with Gasteiger partial charge in [0.25, 0.3) is 0 Å². The zero-order chi connectivity index (χ0) is 29.7. The van der Waals surface area contributed by atoms with Crippen LogP contribution < -0.4 is 16.0 Å². The van der Waals surface area contributed by atoms with E-state index in [2.05, 4.69) is 57.5 Å². The third-order valence-corrected chi connectivity index (χ3v) is 6.39. The lowest BCUT2D eigenvalue weighted by Gasteiger charge is -2.21. The molecule has 4 N–H and O–H groups in total. The Balaban J connectivity index is 3.96. The van der Waals surface area contributed by atoms with Gasteiger partial charge in [0.1, 0.15) is 19.6 Å². The average Bonchev–Trinajstić information content (AvgIpc) is 2.81. The SMILES string of the molecule is CC(C)(C)CCC(=O)NCCOCOCOCOCCC(=O)N[C@@H](CSCC(C)(C)C)C(=O)NCCC(=O)O. The minimum Gasteiger partial charge on any atom is -0.481 e. The van der Waals surface area contributed by atoms with E-state index in [0.717, 1.165) is 12.2 Å². The van der Waals surface area contributed by atoms with Gasteiger partial charge < -0.3 is 40.0 Å². The summed E-state index contributed by atoms with van der Waals surface area (Å²) in [6.45, 7) is 13.2. The molecule has 3 amide bonds. The van der Waals surface area contributed by atoms with E-state index >= 15 is 0 Å². The highest BCUT2D eigenvalue weighted by atomic mass is 32.2. The van der Waals surface area contributed by atoms with Gasteiger partial charge in [-0.3, -0.25) is 19.2 Å². The summed E-state index contributed by atoms with van der Waals surface area (Å²) in [6, 6.07) is -0.778. The second-order valence-corrected chi connectivity index (χ2v) is 12.4. The molecule has 0 radical (unpaired) electrons. The molecule has 0 aliphatic rings. The fourth-order valence-corrected chi connectivity index (χ4v) is 3.92. The van der Waals surface area contributed by atoms with Gasteiger partial charge in [-0.05, 0) is 23.0 Å². The number of thioether (sulfide) groups is 1. The number of hydrogen-bond donors (Lipinski definition) is 4. The molecule has 0 aliphatic heterocycles. The van der Waals surface area contributed by atoms with Gasteiger partial charge in [-0.25, -0.2) is 0 Å². The summed E-state index contributed by atoms with van der Waals surface area (Å²) in [6.07, 6.45) is 1.13. The molecule has 0 heterocycles. The molecule has 13 heteroatoms. The van der Waals surface area contributed by atoms with Crippen LogP contribution in [0, 0.1) is 10.8 Å². The molecule has 0 unspecified atom stereocenters. The van der Waals surface area contributed by atoms with E-state index < -0.39 is 17.9 Å². The van der Waals surface area contributed by atoms with Crippen LogP contribution in [-0.2, 0) is 38.1 Å². The minimum absolute atomic E-state index is 0.00226. The van der Waals surface area contributed by atoms with Crippen LogP contribution in [-0.4, -0.2) is 93.0 Å². The molecule has 0 fully saturated rings. The number of rotatable bonds is 22. The normalized spacial score (nSPS) is 12.6. The maximum absolute atomic E-state index is 12.4. The van der Waals surface area contributed by atoms with Crippen molar-refractivity contribution in [2.75, 3.05) is 58.2 Å². The Morgan fingerprint density at radius 2 is 1.36 bits per heavy atom. The highest BCUT2D eigenvalue weighted by Crippen LogP contribution is 2.21. The first-order valence-corrected chi connectivity index (χ1v) is 14.3. The van der Waals surface area contributed by atoms with Gasteiger partial charge in [0, 0.05) is 25.3 Å². The number of hydrogen-bond acceptors (Lipinski definition) is 9. The topological polar surface area (TPSA) is 162 Å². The number of carbonyl (C=O) groups excluding carboxylic acids is 3. The van der Waals surface area contributed by atoms with Crippen LogP contribution in [0.15, 0.2) is 0 Å². The Hall–Kier alpha value is -1.93. The van der Waals surface area contributed by atoms with E-state index in [-0.39, 0.29) is 69.0 Å². The van der Waals surface area contributed by atoms with Gasteiger partial charge in [-0.1, -0.05) is 41.5 Å².